The van der Waals surface area contributed by atoms with Gasteiger partial charge in [-0.25, -0.2) is 0 Å². The van der Waals surface area contributed by atoms with Gasteiger partial charge in [0.2, 0.25) is 0 Å². The monoisotopic (exact) mass is 266 g/mol. The van der Waals surface area contributed by atoms with Crippen molar-refractivity contribution in [2.75, 3.05) is 27.3 Å². The van der Waals surface area contributed by atoms with Crippen LogP contribution in [0.3, 0.4) is 0 Å². The Bertz CT molecular complexity index is 447. The number of nitrogens with two attached hydrogens (primary N) is 1. The van der Waals surface area contributed by atoms with Crippen molar-refractivity contribution in [3.05, 3.63) is 23.3 Å². The van der Waals surface area contributed by atoms with Crippen molar-refractivity contribution < 1.29 is 14.3 Å². The molecule has 0 fully saturated rings. The summed E-state index contributed by atoms with van der Waals surface area (Å²) in [6.45, 7) is 4.93. The molecule has 0 aromatic heterocycles. The zero-order chi connectivity index (χ0) is 14.4. The number of rotatable bonds is 6. The third kappa shape index (κ3) is 3.61. The summed E-state index contributed by atoms with van der Waals surface area (Å²) in [6, 6.07) is 3.46. The number of methoxy groups -OCH3 is 2. The molecule has 1 aromatic rings. The van der Waals surface area contributed by atoms with Crippen LogP contribution in [0.4, 0.5) is 0 Å². The van der Waals surface area contributed by atoms with Crippen molar-refractivity contribution in [1.29, 1.82) is 0 Å². The van der Waals surface area contributed by atoms with Crippen LogP contribution in [-0.2, 0) is 0 Å². The first kappa shape index (κ1) is 15.3. The molecule has 0 aliphatic carbocycles. The number of amides is 1. The minimum Gasteiger partial charge on any atom is -0.496 e. The molecule has 1 atom stereocenters. The minimum atomic E-state index is -0.164. The maximum absolute atomic E-state index is 12.1. The molecule has 3 N–H and O–H groups in total. The molecule has 5 heteroatoms. The van der Waals surface area contributed by atoms with Gasteiger partial charge >= 0.3 is 0 Å². The van der Waals surface area contributed by atoms with E-state index in [1.54, 1.807) is 26.4 Å². The lowest BCUT2D eigenvalue weighted by Gasteiger charge is -2.15. The van der Waals surface area contributed by atoms with Crippen LogP contribution in [0.1, 0.15) is 22.8 Å². The van der Waals surface area contributed by atoms with E-state index >= 15 is 0 Å². The summed E-state index contributed by atoms with van der Waals surface area (Å²) in [5, 5.41) is 2.85. The van der Waals surface area contributed by atoms with Gasteiger partial charge in [-0.3, -0.25) is 4.79 Å². The number of benzene rings is 1. The summed E-state index contributed by atoms with van der Waals surface area (Å²) in [5.74, 6) is 1.32. The fourth-order valence-electron chi connectivity index (χ4n) is 1.78. The average Bonchev–Trinajstić information content (AvgIpc) is 2.43. The highest BCUT2D eigenvalue weighted by molar-refractivity contribution is 5.97. The van der Waals surface area contributed by atoms with Crippen LogP contribution in [0.15, 0.2) is 12.1 Å². The lowest BCUT2D eigenvalue weighted by molar-refractivity contribution is 0.0945. The van der Waals surface area contributed by atoms with Gasteiger partial charge in [0.05, 0.1) is 19.8 Å². The van der Waals surface area contributed by atoms with Crippen molar-refractivity contribution in [2.45, 2.75) is 13.8 Å². The SMILES string of the molecule is COc1ccc(C(=O)NCC(C)CN)c(OC)c1C. The van der Waals surface area contributed by atoms with Gasteiger partial charge in [-0.2, -0.15) is 0 Å². The third-order valence-corrected chi connectivity index (χ3v) is 3.04. The van der Waals surface area contributed by atoms with Gasteiger partial charge in [0.15, 0.2) is 0 Å². The maximum Gasteiger partial charge on any atom is 0.255 e. The summed E-state index contributed by atoms with van der Waals surface area (Å²) in [4.78, 5) is 12.1. The van der Waals surface area contributed by atoms with Crippen molar-refractivity contribution in [2.24, 2.45) is 11.7 Å². The van der Waals surface area contributed by atoms with Crippen LogP contribution in [0.25, 0.3) is 0 Å². The normalized spacial score (nSPS) is 11.8. The van der Waals surface area contributed by atoms with Crippen molar-refractivity contribution in [1.82, 2.24) is 5.32 Å². The molecule has 0 saturated heterocycles. The lowest BCUT2D eigenvalue weighted by Crippen LogP contribution is -2.31. The first-order valence-electron chi connectivity index (χ1n) is 6.25. The van der Waals surface area contributed by atoms with Gasteiger partial charge in [0.25, 0.3) is 5.91 Å². The summed E-state index contributed by atoms with van der Waals surface area (Å²) >= 11 is 0. The van der Waals surface area contributed by atoms with Crippen molar-refractivity contribution in [3.63, 3.8) is 0 Å². The number of ether oxygens (including phenoxy) is 2. The van der Waals surface area contributed by atoms with Crippen LogP contribution >= 0.6 is 0 Å². The molecule has 1 aromatic carbocycles. The molecule has 1 amide bonds. The summed E-state index contributed by atoms with van der Waals surface area (Å²) in [7, 11) is 3.13. The van der Waals surface area contributed by atoms with Crippen LogP contribution < -0.4 is 20.5 Å². The molecular weight excluding hydrogens is 244 g/mol. The number of hydrogen-bond donors (Lipinski definition) is 2. The second-order valence-electron chi connectivity index (χ2n) is 4.52. The van der Waals surface area contributed by atoms with E-state index in [0.29, 0.717) is 30.2 Å². The van der Waals surface area contributed by atoms with Gasteiger partial charge in [-0.1, -0.05) is 6.92 Å². The molecule has 5 nitrogen and oxygen atoms in total. The van der Waals surface area contributed by atoms with Gasteiger partial charge in [-0.05, 0) is 31.5 Å². The highest BCUT2D eigenvalue weighted by Crippen LogP contribution is 2.31. The van der Waals surface area contributed by atoms with E-state index in [-0.39, 0.29) is 11.8 Å². The Morgan fingerprint density at radius 1 is 1.37 bits per heavy atom. The van der Waals surface area contributed by atoms with E-state index in [1.807, 2.05) is 13.8 Å². The van der Waals surface area contributed by atoms with E-state index < -0.39 is 0 Å². The van der Waals surface area contributed by atoms with Gasteiger partial charge in [0, 0.05) is 12.1 Å². The quantitative estimate of drug-likeness (QED) is 0.815. The molecular formula is C14H22N2O3. The topological polar surface area (TPSA) is 73.6 Å². The van der Waals surface area contributed by atoms with E-state index in [1.165, 1.54) is 0 Å². The van der Waals surface area contributed by atoms with Crippen molar-refractivity contribution >= 4 is 5.91 Å². The fraction of sp³-hybridized carbons (Fsp3) is 0.500. The highest BCUT2D eigenvalue weighted by Gasteiger charge is 2.17. The zero-order valence-corrected chi connectivity index (χ0v) is 11.9. The minimum absolute atomic E-state index is 0.164. The number of hydrogen-bond acceptors (Lipinski definition) is 4. The molecule has 1 rings (SSSR count). The third-order valence-electron chi connectivity index (χ3n) is 3.04. The standard InChI is InChI=1S/C14H22N2O3/c1-9(7-15)8-16-14(17)11-5-6-12(18-3)10(2)13(11)19-4/h5-6,9H,7-8,15H2,1-4H3,(H,16,17). The van der Waals surface area contributed by atoms with E-state index in [4.69, 9.17) is 15.2 Å². The number of carbonyl (C=O) groups excluding carboxylic acids is 1. The molecule has 0 radical (unpaired) electrons. The van der Waals surface area contributed by atoms with E-state index in [0.717, 1.165) is 5.56 Å². The Morgan fingerprint density at radius 2 is 2.05 bits per heavy atom. The fourth-order valence-corrected chi connectivity index (χ4v) is 1.78. The lowest BCUT2D eigenvalue weighted by atomic mass is 10.1. The second-order valence-corrected chi connectivity index (χ2v) is 4.52. The smallest absolute Gasteiger partial charge is 0.255 e. The Morgan fingerprint density at radius 3 is 2.58 bits per heavy atom. The summed E-state index contributed by atoms with van der Waals surface area (Å²) in [6.07, 6.45) is 0. The average molecular weight is 266 g/mol. The van der Waals surface area contributed by atoms with E-state index in [2.05, 4.69) is 5.32 Å². The van der Waals surface area contributed by atoms with Crippen molar-refractivity contribution in [3.8, 4) is 11.5 Å². The molecule has 0 saturated carbocycles. The highest BCUT2D eigenvalue weighted by atomic mass is 16.5. The van der Waals surface area contributed by atoms with Crippen LogP contribution in [-0.4, -0.2) is 33.2 Å². The zero-order valence-electron chi connectivity index (χ0n) is 11.9. The molecule has 0 bridgehead atoms. The Hall–Kier alpha value is -1.75. The second kappa shape index (κ2) is 6.99. The van der Waals surface area contributed by atoms with E-state index in [9.17, 15) is 4.79 Å². The number of carbonyl (C=O) groups is 1. The van der Waals surface area contributed by atoms with Gasteiger partial charge < -0.3 is 20.5 Å². The Balaban J connectivity index is 2.94. The molecule has 0 heterocycles. The predicted octanol–water partition coefficient (Wildman–Crippen LogP) is 1.34. The molecule has 19 heavy (non-hydrogen) atoms. The first-order valence-corrected chi connectivity index (χ1v) is 6.25. The Kier molecular flexibility index (Phi) is 5.63. The maximum atomic E-state index is 12.1. The molecule has 0 spiro atoms. The molecule has 0 aliphatic rings. The summed E-state index contributed by atoms with van der Waals surface area (Å²) in [5.41, 5.74) is 6.84. The Labute approximate surface area is 114 Å². The van der Waals surface area contributed by atoms with Gasteiger partial charge in [-0.15, -0.1) is 0 Å². The van der Waals surface area contributed by atoms with Crippen LogP contribution in [0, 0.1) is 12.8 Å². The van der Waals surface area contributed by atoms with Crippen LogP contribution in [0.5, 0.6) is 11.5 Å². The van der Waals surface area contributed by atoms with Gasteiger partial charge in [0.1, 0.15) is 11.5 Å². The number of nitrogens with one attached hydrogen (secondary N) is 1. The molecule has 0 aliphatic heterocycles. The molecule has 1 unspecified atom stereocenters. The summed E-state index contributed by atoms with van der Waals surface area (Å²) < 4.78 is 10.5. The van der Waals surface area contributed by atoms with Crippen LogP contribution in [0.2, 0.25) is 0 Å². The largest absolute Gasteiger partial charge is 0.496 e. The first-order chi connectivity index (χ1) is 9.04. The predicted molar refractivity (Wildman–Crippen MR) is 74.8 cm³/mol. The molecule has 106 valence electrons.